The van der Waals surface area contributed by atoms with Crippen molar-refractivity contribution in [3.8, 4) is 0 Å². The first-order chi connectivity index (χ1) is 7.32. The van der Waals surface area contributed by atoms with Crippen molar-refractivity contribution in [2.75, 3.05) is 0 Å². The van der Waals surface area contributed by atoms with Gasteiger partial charge in [-0.2, -0.15) is 0 Å². The highest BCUT2D eigenvalue weighted by Crippen LogP contribution is 2.17. The number of nitrogens with one attached hydrogen (secondary N) is 1. The summed E-state index contributed by atoms with van der Waals surface area (Å²) in [6.07, 6.45) is 3.54. The predicted octanol–water partition coefficient (Wildman–Crippen LogP) is 0.410. The Balaban J connectivity index is 2.51. The van der Waals surface area contributed by atoms with Crippen molar-refractivity contribution in [3.05, 3.63) is 18.2 Å². The van der Waals surface area contributed by atoms with Crippen LogP contribution in [0.1, 0.15) is 26.6 Å². The Hall–Kier alpha value is -1.36. The molecule has 1 unspecified atom stereocenters. The second-order valence-electron chi connectivity index (χ2n) is 5.02. The van der Waals surface area contributed by atoms with Crippen LogP contribution in [-0.2, 0) is 18.4 Å². The molecule has 0 aromatic carbocycles. The third-order valence-corrected chi connectivity index (χ3v) is 2.56. The van der Waals surface area contributed by atoms with Crippen molar-refractivity contribution in [2.24, 2.45) is 18.2 Å². The molecule has 0 fully saturated rings. The number of rotatable bonds is 3. The molecule has 0 bridgehead atoms. The number of amides is 1. The summed E-state index contributed by atoms with van der Waals surface area (Å²) in [6.45, 7) is 6.24. The normalized spacial score (nSPS) is 13.6. The molecule has 16 heavy (non-hydrogen) atoms. The van der Waals surface area contributed by atoms with Gasteiger partial charge in [-0.25, -0.2) is 4.98 Å². The Labute approximate surface area is 96.0 Å². The fraction of sp³-hybridized carbons (Fsp3) is 0.636. The third kappa shape index (κ3) is 3.06. The molecule has 1 aromatic heterocycles. The van der Waals surface area contributed by atoms with E-state index in [0.717, 1.165) is 5.82 Å². The average Bonchev–Trinajstić information content (AvgIpc) is 2.58. The molecule has 1 aromatic rings. The molecule has 1 rings (SSSR count). The molecule has 5 nitrogen and oxygen atoms in total. The zero-order chi connectivity index (χ0) is 12.3. The van der Waals surface area contributed by atoms with E-state index in [1.165, 1.54) is 0 Å². The topological polar surface area (TPSA) is 72.9 Å². The number of nitrogens with two attached hydrogens (primary N) is 1. The lowest BCUT2D eigenvalue weighted by molar-refractivity contribution is -0.124. The first kappa shape index (κ1) is 12.7. The molecule has 0 radical (unpaired) electrons. The van der Waals surface area contributed by atoms with E-state index in [4.69, 9.17) is 5.73 Å². The van der Waals surface area contributed by atoms with Gasteiger partial charge < -0.3 is 15.6 Å². The van der Waals surface area contributed by atoms with Crippen LogP contribution in [-0.4, -0.2) is 21.5 Å². The third-order valence-electron chi connectivity index (χ3n) is 2.56. The van der Waals surface area contributed by atoms with E-state index in [9.17, 15) is 4.79 Å². The van der Waals surface area contributed by atoms with Gasteiger partial charge in [0, 0.05) is 19.4 Å². The summed E-state index contributed by atoms with van der Waals surface area (Å²) in [5.41, 5.74) is 5.60. The van der Waals surface area contributed by atoms with E-state index in [-0.39, 0.29) is 11.3 Å². The minimum absolute atomic E-state index is 0.143. The second kappa shape index (κ2) is 4.65. The van der Waals surface area contributed by atoms with Gasteiger partial charge in [0.25, 0.3) is 0 Å². The molecule has 5 heteroatoms. The van der Waals surface area contributed by atoms with E-state index in [1.54, 1.807) is 6.20 Å². The van der Waals surface area contributed by atoms with Gasteiger partial charge in [-0.05, 0) is 5.41 Å². The van der Waals surface area contributed by atoms with Crippen LogP contribution in [0.3, 0.4) is 0 Å². The molecule has 0 spiro atoms. The van der Waals surface area contributed by atoms with Crippen molar-refractivity contribution >= 4 is 5.91 Å². The number of nitrogens with zero attached hydrogens (tertiary/aromatic N) is 2. The maximum absolute atomic E-state index is 11.7. The lowest BCUT2D eigenvalue weighted by Gasteiger charge is -2.25. The summed E-state index contributed by atoms with van der Waals surface area (Å²) in [6, 6.07) is -0.507. The Morgan fingerprint density at radius 2 is 2.25 bits per heavy atom. The van der Waals surface area contributed by atoms with E-state index in [0.29, 0.717) is 6.54 Å². The zero-order valence-electron chi connectivity index (χ0n) is 10.3. The van der Waals surface area contributed by atoms with Crippen LogP contribution in [0.5, 0.6) is 0 Å². The van der Waals surface area contributed by atoms with Crippen molar-refractivity contribution in [1.29, 1.82) is 0 Å². The van der Waals surface area contributed by atoms with Gasteiger partial charge in [0.05, 0.1) is 12.6 Å². The molecule has 1 heterocycles. The first-order valence-corrected chi connectivity index (χ1v) is 5.32. The van der Waals surface area contributed by atoms with Crippen molar-refractivity contribution in [2.45, 2.75) is 33.4 Å². The molecule has 0 aliphatic heterocycles. The average molecular weight is 224 g/mol. The minimum Gasteiger partial charge on any atom is -0.348 e. The van der Waals surface area contributed by atoms with Crippen LogP contribution in [0.4, 0.5) is 0 Å². The molecule has 0 saturated carbocycles. The molecular weight excluding hydrogens is 204 g/mol. The summed E-state index contributed by atoms with van der Waals surface area (Å²) in [7, 11) is 1.89. The smallest absolute Gasteiger partial charge is 0.237 e. The fourth-order valence-electron chi connectivity index (χ4n) is 1.24. The SMILES string of the molecule is Cn1ccnc1CNC(=O)C(N)C(C)(C)C. The summed E-state index contributed by atoms with van der Waals surface area (Å²) < 4.78 is 1.86. The maximum Gasteiger partial charge on any atom is 0.237 e. The quantitative estimate of drug-likeness (QED) is 0.781. The lowest BCUT2D eigenvalue weighted by Crippen LogP contribution is -2.48. The largest absolute Gasteiger partial charge is 0.348 e. The van der Waals surface area contributed by atoms with Gasteiger partial charge in [0.15, 0.2) is 0 Å². The number of carbonyl (C=O) groups excluding carboxylic acids is 1. The minimum atomic E-state index is -0.507. The van der Waals surface area contributed by atoms with E-state index < -0.39 is 6.04 Å². The number of aryl methyl sites for hydroxylation is 1. The zero-order valence-corrected chi connectivity index (χ0v) is 10.3. The van der Waals surface area contributed by atoms with Gasteiger partial charge in [0.1, 0.15) is 5.82 Å². The molecule has 0 saturated heterocycles. The first-order valence-electron chi connectivity index (χ1n) is 5.32. The van der Waals surface area contributed by atoms with Crippen LogP contribution in [0.25, 0.3) is 0 Å². The van der Waals surface area contributed by atoms with E-state index in [1.807, 2.05) is 38.6 Å². The van der Waals surface area contributed by atoms with Crippen LogP contribution >= 0.6 is 0 Å². The fourth-order valence-corrected chi connectivity index (χ4v) is 1.24. The number of hydrogen-bond donors (Lipinski definition) is 2. The monoisotopic (exact) mass is 224 g/mol. The highest BCUT2D eigenvalue weighted by Gasteiger charge is 2.27. The summed E-state index contributed by atoms with van der Waals surface area (Å²) >= 11 is 0. The van der Waals surface area contributed by atoms with Gasteiger partial charge in [-0.1, -0.05) is 20.8 Å². The summed E-state index contributed by atoms with van der Waals surface area (Å²) in [4.78, 5) is 15.8. The highest BCUT2D eigenvalue weighted by molar-refractivity contribution is 5.82. The molecular formula is C11H20N4O. The molecule has 1 atom stereocenters. The Morgan fingerprint density at radius 3 is 2.69 bits per heavy atom. The van der Waals surface area contributed by atoms with Crippen LogP contribution in [0.2, 0.25) is 0 Å². The molecule has 0 aliphatic carbocycles. The highest BCUT2D eigenvalue weighted by atomic mass is 16.2. The molecule has 90 valence electrons. The van der Waals surface area contributed by atoms with Crippen LogP contribution in [0, 0.1) is 5.41 Å². The van der Waals surface area contributed by atoms with Crippen molar-refractivity contribution < 1.29 is 4.79 Å². The van der Waals surface area contributed by atoms with Gasteiger partial charge >= 0.3 is 0 Å². The number of hydrogen-bond acceptors (Lipinski definition) is 3. The van der Waals surface area contributed by atoms with Crippen molar-refractivity contribution in [1.82, 2.24) is 14.9 Å². The maximum atomic E-state index is 11.7. The number of imidazole rings is 1. The van der Waals surface area contributed by atoms with Gasteiger partial charge in [-0.15, -0.1) is 0 Å². The second-order valence-corrected chi connectivity index (χ2v) is 5.02. The van der Waals surface area contributed by atoms with Crippen LogP contribution in [0.15, 0.2) is 12.4 Å². The lowest BCUT2D eigenvalue weighted by atomic mass is 9.87. The Bertz CT molecular complexity index is 364. The number of aromatic nitrogens is 2. The van der Waals surface area contributed by atoms with Crippen molar-refractivity contribution in [3.63, 3.8) is 0 Å². The predicted molar refractivity (Wildman–Crippen MR) is 62.5 cm³/mol. The Morgan fingerprint density at radius 1 is 1.62 bits per heavy atom. The van der Waals surface area contributed by atoms with E-state index in [2.05, 4.69) is 10.3 Å². The molecule has 1 amide bonds. The van der Waals surface area contributed by atoms with Crippen LogP contribution < -0.4 is 11.1 Å². The summed E-state index contributed by atoms with van der Waals surface area (Å²) in [5.74, 6) is 0.671. The van der Waals surface area contributed by atoms with E-state index >= 15 is 0 Å². The standard InChI is InChI=1S/C11H20N4O/c1-11(2,3)9(12)10(16)14-7-8-13-5-6-15(8)4/h5-6,9H,7,12H2,1-4H3,(H,14,16). The Kier molecular flexibility index (Phi) is 3.70. The number of carbonyl (C=O) groups is 1. The summed E-state index contributed by atoms with van der Waals surface area (Å²) in [5, 5.41) is 2.78. The molecule has 0 aliphatic rings. The van der Waals surface area contributed by atoms with Gasteiger partial charge in [0.2, 0.25) is 5.91 Å². The van der Waals surface area contributed by atoms with Gasteiger partial charge in [-0.3, -0.25) is 4.79 Å². The molecule has 3 N–H and O–H groups in total.